The molecule has 1 heterocycles. The van der Waals surface area contributed by atoms with E-state index < -0.39 is 5.24 Å². The van der Waals surface area contributed by atoms with Crippen molar-refractivity contribution in [1.29, 1.82) is 0 Å². The van der Waals surface area contributed by atoms with E-state index in [0.29, 0.717) is 17.9 Å². The molecule has 0 amide bonds. The molecule has 0 aliphatic carbocycles. The van der Waals surface area contributed by atoms with Gasteiger partial charge in [-0.05, 0) is 36.7 Å². The minimum Gasteiger partial charge on any atom is -0.494 e. The fourth-order valence-electron chi connectivity index (χ4n) is 1.39. The standard InChI is InChI=1S/C9H9ClO2.C4H9NO/c1-2-12-8-5-3-4-7(6-8)9(10)11;1-3-6-4-2-5-1/h3-6H,2H2,1H3;5H,1-4H2. The zero-order chi connectivity index (χ0) is 13.2. The Balaban J connectivity index is 0.000000225. The number of halogens is 1. The van der Waals surface area contributed by atoms with Crippen molar-refractivity contribution < 1.29 is 14.3 Å². The normalized spacial score (nSPS) is 14.3. The van der Waals surface area contributed by atoms with Gasteiger partial charge in [0.1, 0.15) is 5.75 Å². The summed E-state index contributed by atoms with van der Waals surface area (Å²) >= 11 is 5.28. The van der Waals surface area contributed by atoms with E-state index in [1.54, 1.807) is 24.3 Å². The third kappa shape index (κ3) is 6.00. The molecule has 1 aliphatic rings. The molecule has 0 atom stereocenters. The van der Waals surface area contributed by atoms with Crippen molar-refractivity contribution in [2.45, 2.75) is 6.92 Å². The number of ether oxygens (including phenoxy) is 2. The van der Waals surface area contributed by atoms with Crippen LogP contribution in [0.5, 0.6) is 5.75 Å². The first kappa shape index (κ1) is 15.0. The number of rotatable bonds is 3. The topological polar surface area (TPSA) is 47.6 Å². The molecular formula is C13H18ClNO3. The van der Waals surface area contributed by atoms with Crippen molar-refractivity contribution in [3.8, 4) is 5.75 Å². The molecular weight excluding hydrogens is 254 g/mol. The maximum atomic E-state index is 10.7. The number of benzene rings is 1. The van der Waals surface area contributed by atoms with Crippen molar-refractivity contribution in [2.24, 2.45) is 0 Å². The van der Waals surface area contributed by atoms with Crippen molar-refractivity contribution in [2.75, 3.05) is 32.9 Å². The molecule has 1 aliphatic heterocycles. The Labute approximate surface area is 112 Å². The van der Waals surface area contributed by atoms with Crippen LogP contribution in [0.25, 0.3) is 0 Å². The summed E-state index contributed by atoms with van der Waals surface area (Å²) < 4.78 is 10.2. The Morgan fingerprint density at radius 3 is 2.61 bits per heavy atom. The van der Waals surface area contributed by atoms with Gasteiger partial charge in [-0.15, -0.1) is 0 Å². The molecule has 1 aromatic rings. The molecule has 18 heavy (non-hydrogen) atoms. The molecule has 0 aromatic heterocycles. The Bertz CT molecular complexity index is 355. The number of nitrogens with one attached hydrogen (secondary N) is 1. The lowest BCUT2D eigenvalue weighted by Crippen LogP contribution is -2.30. The van der Waals surface area contributed by atoms with Crippen LogP contribution in [0.3, 0.4) is 0 Å². The molecule has 4 nitrogen and oxygen atoms in total. The molecule has 0 bridgehead atoms. The van der Waals surface area contributed by atoms with Crippen LogP contribution in [-0.2, 0) is 4.74 Å². The third-order valence-electron chi connectivity index (χ3n) is 2.22. The van der Waals surface area contributed by atoms with E-state index in [1.807, 2.05) is 6.92 Å². The summed E-state index contributed by atoms with van der Waals surface area (Å²) in [6.07, 6.45) is 0. The highest BCUT2D eigenvalue weighted by atomic mass is 35.5. The van der Waals surface area contributed by atoms with Crippen LogP contribution in [0.2, 0.25) is 0 Å². The van der Waals surface area contributed by atoms with Gasteiger partial charge in [-0.3, -0.25) is 4.79 Å². The lowest BCUT2D eigenvalue weighted by atomic mass is 10.2. The quantitative estimate of drug-likeness (QED) is 0.855. The Hall–Kier alpha value is -1.10. The molecule has 1 N–H and O–H groups in total. The minimum absolute atomic E-state index is 0.461. The van der Waals surface area contributed by atoms with E-state index >= 15 is 0 Å². The van der Waals surface area contributed by atoms with E-state index in [2.05, 4.69) is 5.32 Å². The second kappa shape index (κ2) is 8.91. The lowest BCUT2D eigenvalue weighted by molar-refractivity contribution is 0.108. The van der Waals surface area contributed by atoms with Crippen molar-refractivity contribution >= 4 is 16.8 Å². The van der Waals surface area contributed by atoms with E-state index in [0.717, 1.165) is 26.3 Å². The zero-order valence-electron chi connectivity index (χ0n) is 10.4. The van der Waals surface area contributed by atoms with Crippen LogP contribution >= 0.6 is 11.6 Å². The average Bonchev–Trinajstić information content (AvgIpc) is 2.42. The monoisotopic (exact) mass is 271 g/mol. The van der Waals surface area contributed by atoms with Gasteiger partial charge < -0.3 is 14.8 Å². The molecule has 2 rings (SSSR count). The van der Waals surface area contributed by atoms with Crippen molar-refractivity contribution in [3.63, 3.8) is 0 Å². The van der Waals surface area contributed by atoms with Crippen molar-refractivity contribution in [3.05, 3.63) is 29.8 Å². The van der Waals surface area contributed by atoms with E-state index in [-0.39, 0.29) is 0 Å². The Morgan fingerprint density at radius 2 is 2.17 bits per heavy atom. The molecule has 0 saturated carbocycles. The maximum Gasteiger partial charge on any atom is 0.252 e. The minimum atomic E-state index is -0.462. The number of morpholine rings is 1. The number of carbonyl (C=O) groups is 1. The van der Waals surface area contributed by atoms with Gasteiger partial charge in [-0.25, -0.2) is 0 Å². The van der Waals surface area contributed by atoms with E-state index in [9.17, 15) is 4.79 Å². The Kier molecular flexibility index (Phi) is 7.41. The molecule has 0 spiro atoms. The van der Waals surface area contributed by atoms with Gasteiger partial charge in [0, 0.05) is 18.7 Å². The smallest absolute Gasteiger partial charge is 0.252 e. The Morgan fingerprint density at radius 1 is 1.44 bits per heavy atom. The summed E-state index contributed by atoms with van der Waals surface area (Å²) in [4.78, 5) is 10.7. The number of carbonyl (C=O) groups excluding carboxylic acids is 1. The van der Waals surface area contributed by atoms with Crippen molar-refractivity contribution in [1.82, 2.24) is 5.32 Å². The predicted octanol–water partition coefficient (Wildman–Crippen LogP) is 2.07. The number of hydrogen-bond donors (Lipinski definition) is 1. The highest BCUT2D eigenvalue weighted by Gasteiger charge is 2.01. The van der Waals surface area contributed by atoms with Gasteiger partial charge in [-0.1, -0.05) is 6.07 Å². The molecule has 1 aromatic carbocycles. The fourth-order valence-corrected chi connectivity index (χ4v) is 1.51. The first-order valence-electron chi connectivity index (χ1n) is 5.95. The van der Waals surface area contributed by atoms with Crippen LogP contribution in [-0.4, -0.2) is 38.2 Å². The first-order chi connectivity index (χ1) is 8.74. The SMILES string of the molecule is C1COCCN1.CCOc1cccc(C(=O)Cl)c1. The van der Waals surface area contributed by atoms with E-state index in [4.69, 9.17) is 21.1 Å². The van der Waals surface area contributed by atoms with Crippen LogP contribution in [0, 0.1) is 0 Å². The van der Waals surface area contributed by atoms with Gasteiger partial charge in [0.2, 0.25) is 0 Å². The van der Waals surface area contributed by atoms with Gasteiger partial charge >= 0.3 is 0 Å². The molecule has 0 radical (unpaired) electrons. The van der Waals surface area contributed by atoms with E-state index in [1.165, 1.54) is 0 Å². The second-order valence-electron chi connectivity index (χ2n) is 3.60. The highest BCUT2D eigenvalue weighted by molar-refractivity contribution is 6.67. The van der Waals surface area contributed by atoms with Gasteiger partial charge in [0.05, 0.1) is 19.8 Å². The molecule has 0 unspecified atom stereocenters. The third-order valence-corrected chi connectivity index (χ3v) is 2.44. The molecule has 100 valence electrons. The van der Waals surface area contributed by atoms with Gasteiger partial charge in [0.15, 0.2) is 0 Å². The summed E-state index contributed by atoms with van der Waals surface area (Å²) in [6, 6.07) is 6.80. The molecule has 1 fully saturated rings. The second-order valence-corrected chi connectivity index (χ2v) is 3.94. The number of hydrogen-bond acceptors (Lipinski definition) is 4. The largest absolute Gasteiger partial charge is 0.494 e. The maximum absolute atomic E-state index is 10.7. The summed E-state index contributed by atoms with van der Waals surface area (Å²) in [7, 11) is 0. The lowest BCUT2D eigenvalue weighted by Gasteiger charge is -2.10. The fraction of sp³-hybridized carbons (Fsp3) is 0.462. The summed E-state index contributed by atoms with van der Waals surface area (Å²) in [6.45, 7) is 6.30. The highest BCUT2D eigenvalue weighted by Crippen LogP contribution is 2.14. The molecule has 1 saturated heterocycles. The van der Waals surface area contributed by atoms with Crippen LogP contribution in [0.4, 0.5) is 0 Å². The first-order valence-corrected chi connectivity index (χ1v) is 6.33. The van der Waals surface area contributed by atoms with Gasteiger partial charge in [-0.2, -0.15) is 0 Å². The average molecular weight is 272 g/mol. The summed E-state index contributed by atoms with van der Waals surface area (Å²) in [5, 5.41) is 2.70. The zero-order valence-corrected chi connectivity index (χ0v) is 11.2. The summed E-state index contributed by atoms with van der Waals surface area (Å²) in [5.41, 5.74) is 0.461. The van der Waals surface area contributed by atoms with Crippen LogP contribution in [0.15, 0.2) is 24.3 Å². The summed E-state index contributed by atoms with van der Waals surface area (Å²) in [5.74, 6) is 0.670. The predicted molar refractivity (Wildman–Crippen MR) is 71.5 cm³/mol. The van der Waals surface area contributed by atoms with Crippen LogP contribution < -0.4 is 10.1 Å². The van der Waals surface area contributed by atoms with Crippen LogP contribution in [0.1, 0.15) is 17.3 Å². The molecule has 5 heteroatoms. The van der Waals surface area contributed by atoms with Gasteiger partial charge in [0.25, 0.3) is 5.24 Å².